The van der Waals surface area contributed by atoms with Crippen molar-refractivity contribution in [1.82, 2.24) is 9.88 Å². The summed E-state index contributed by atoms with van der Waals surface area (Å²) in [6.07, 6.45) is 11.3. The summed E-state index contributed by atoms with van der Waals surface area (Å²) in [5, 5.41) is 4.14. The number of allylic oxidation sites excluding steroid dienone is 5. The van der Waals surface area contributed by atoms with Gasteiger partial charge < -0.3 is 19.7 Å². The number of rotatable bonds is 8. The third-order valence-corrected chi connectivity index (χ3v) is 7.85. The molecule has 1 saturated heterocycles. The van der Waals surface area contributed by atoms with Crippen LogP contribution in [0.5, 0.6) is 11.5 Å². The first-order chi connectivity index (χ1) is 17.3. The number of hydrogen-bond donors (Lipinski definition) is 1. The van der Waals surface area contributed by atoms with Crippen LogP contribution in [0.2, 0.25) is 0 Å². The molecule has 1 N–H and O–H groups in total. The molecule has 0 spiro atoms. The van der Waals surface area contributed by atoms with Crippen molar-refractivity contribution in [3.8, 4) is 11.5 Å². The Bertz CT molecular complexity index is 1120. The Hall–Kier alpha value is -2.61. The molecule has 1 amide bonds. The summed E-state index contributed by atoms with van der Waals surface area (Å²) in [4.78, 5) is 20.9. The Labute approximate surface area is 223 Å². The second kappa shape index (κ2) is 13.1. The van der Waals surface area contributed by atoms with Crippen LogP contribution in [0.25, 0.3) is 0 Å². The number of likely N-dealkylation sites (tertiary alicyclic amines) is 1. The number of amides is 1. The molecule has 0 radical (unpaired) electrons. The van der Waals surface area contributed by atoms with E-state index in [0.717, 1.165) is 16.0 Å². The number of nitrogens with one attached hydrogen (secondary N) is 1. The topological polar surface area (TPSA) is 63.7 Å². The SMILES string of the molecule is C=C/C(Cl)=C(\C=C/C)Cc1cnc(NC(=O)C(C)(CC)c2ccc3c(c2)OCO3)s1.CN1CCCC1. The quantitative estimate of drug-likeness (QED) is 0.386. The summed E-state index contributed by atoms with van der Waals surface area (Å²) >= 11 is 7.68. The molecule has 4 rings (SSSR count). The van der Waals surface area contributed by atoms with Crippen molar-refractivity contribution in [2.45, 2.75) is 51.9 Å². The molecule has 1 aromatic heterocycles. The number of benzene rings is 1. The number of aromatic nitrogens is 1. The van der Waals surface area contributed by atoms with Gasteiger partial charge in [0, 0.05) is 22.5 Å². The number of anilines is 1. The van der Waals surface area contributed by atoms with Crippen LogP contribution in [0.3, 0.4) is 0 Å². The van der Waals surface area contributed by atoms with Gasteiger partial charge in [-0.1, -0.05) is 49.4 Å². The number of hydrogen-bond acceptors (Lipinski definition) is 6. The highest BCUT2D eigenvalue weighted by molar-refractivity contribution is 7.15. The molecule has 2 aliphatic heterocycles. The number of ether oxygens (including phenoxy) is 2. The minimum atomic E-state index is -0.727. The van der Waals surface area contributed by atoms with Crippen molar-refractivity contribution in [2.24, 2.45) is 0 Å². The lowest BCUT2D eigenvalue weighted by Gasteiger charge is -2.27. The highest BCUT2D eigenvalue weighted by atomic mass is 35.5. The summed E-state index contributed by atoms with van der Waals surface area (Å²) in [6.45, 7) is 12.4. The molecular formula is C28H36ClN3O3S. The van der Waals surface area contributed by atoms with Crippen LogP contribution < -0.4 is 14.8 Å². The maximum Gasteiger partial charge on any atom is 0.236 e. The van der Waals surface area contributed by atoms with E-state index in [1.165, 1.54) is 37.3 Å². The predicted molar refractivity (Wildman–Crippen MR) is 149 cm³/mol. The fourth-order valence-corrected chi connectivity index (χ4v) is 5.00. The molecule has 6 nitrogen and oxygen atoms in total. The van der Waals surface area contributed by atoms with Gasteiger partial charge in [-0.05, 0) is 76.5 Å². The Balaban J connectivity index is 0.000000526. The van der Waals surface area contributed by atoms with E-state index in [4.69, 9.17) is 21.1 Å². The van der Waals surface area contributed by atoms with Crippen LogP contribution >= 0.6 is 22.9 Å². The van der Waals surface area contributed by atoms with Crippen molar-refractivity contribution in [3.05, 3.63) is 70.2 Å². The van der Waals surface area contributed by atoms with E-state index in [-0.39, 0.29) is 12.7 Å². The summed E-state index contributed by atoms with van der Waals surface area (Å²) in [5.41, 5.74) is 1.10. The molecule has 3 heterocycles. The van der Waals surface area contributed by atoms with Gasteiger partial charge >= 0.3 is 0 Å². The third kappa shape index (κ3) is 6.99. The zero-order chi connectivity index (χ0) is 26.1. The first kappa shape index (κ1) is 28.0. The average molecular weight is 530 g/mol. The second-order valence-electron chi connectivity index (χ2n) is 9.10. The van der Waals surface area contributed by atoms with E-state index in [1.807, 2.05) is 51.1 Å². The molecule has 2 aliphatic rings. The normalized spacial score (nSPS) is 17.2. The summed E-state index contributed by atoms with van der Waals surface area (Å²) < 4.78 is 10.9. The van der Waals surface area contributed by atoms with Crippen LogP contribution in [0.4, 0.5) is 5.13 Å². The third-order valence-electron chi connectivity index (χ3n) is 6.54. The van der Waals surface area contributed by atoms with Gasteiger partial charge in [0.1, 0.15) is 0 Å². The van der Waals surface area contributed by atoms with E-state index in [1.54, 1.807) is 12.3 Å². The van der Waals surface area contributed by atoms with Gasteiger partial charge in [0.25, 0.3) is 0 Å². The van der Waals surface area contributed by atoms with Gasteiger partial charge in [-0.25, -0.2) is 4.98 Å². The summed E-state index contributed by atoms with van der Waals surface area (Å²) in [5.74, 6) is 1.25. The molecule has 0 bridgehead atoms. The number of carbonyl (C=O) groups excluding carboxylic acids is 1. The Kier molecular flexibility index (Phi) is 10.2. The lowest BCUT2D eigenvalue weighted by Crippen LogP contribution is -2.37. The number of thiazole rings is 1. The van der Waals surface area contributed by atoms with E-state index in [2.05, 4.69) is 28.8 Å². The highest BCUT2D eigenvalue weighted by Gasteiger charge is 2.35. The molecule has 1 unspecified atom stereocenters. The Morgan fingerprint density at radius 2 is 2.03 bits per heavy atom. The zero-order valence-corrected chi connectivity index (χ0v) is 23.2. The van der Waals surface area contributed by atoms with Crippen molar-refractivity contribution in [1.29, 1.82) is 0 Å². The molecule has 194 valence electrons. The van der Waals surface area contributed by atoms with Crippen LogP contribution in [0, 0.1) is 0 Å². The number of nitrogens with zero attached hydrogens (tertiary/aromatic N) is 2. The zero-order valence-electron chi connectivity index (χ0n) is 21.6. The smallest absolute Gasteiger partial charge is 0.236 e. The van der Waals surface area contributed by atoms with Gasteiger partial charge in [-0.3, -0.25) is 4.79 Å². The standard InChI is InChI=1S/C23H25ClN2O3S.C5H11N/c1-5-8-15(18(24)6-2)11-17-13-25-22(30-17)26-21(27)23(4,7-3)16-9-10-19-20(12-16)29-14-28-19;1-6-4-2-3-5-6/h5-6,8-10,12-13H,2,7,11,14H2,1,3-4H3,(H,25,26,27);2-5H2,1H3/b8-5-,18-15-;. The molecule has 36 heavy (non-hydrogen) atoms. The van der Waals surface area contributed by atoms with Gasteiger partial charge in [0.05, 0.1) is 5.41 Å². The average Bonchev–Trinajstić information content (AvgIpc) is 3.65. The van der Waals surface area contributed by atoms with E-state index >= 15 is 0 Å². The molecule has 1 fully saturated rings. The number of halogens is 1. The molecule has 2 aromatic rings. The fourth-order valence-electron chi connectivity index (χ4n) is 4.04. The maximum absolute atomic E-state index is 13.2. The minimum absolute atomic E-state index is 0.113. The van der Waals surface area contributed by atoms with Crippen LogP contribution in [0.1, 0.15) is 50.5 Å². The van der Waals surface area contributed by atoms with Gasteiger partial charge in [-0.2, -0.15) is 0 Å². The van der Waals surface area contributed by atoms with Crippen LogP contribution in [-0.2, 0) is 16.6 Å². The first-order valence-electron chi connectivity index (χ1n) is 12.3. The summed E-state index contributed by atoms with van der Waals surface area (Å²) in [7, 11) is 2.17. The predicted octanol–water partition coefficient (Wildman–Crippen LogP) is 6.69. The number of carbonyl (C=O) groups is 1. The van der Waals surface area contributed by atoms with Crippen LogP contribution in [-0.4, -0.2) is 42.7 Å². The maximum atomic E-state index is 13.2. The largest absolute Gasteiger partial charge is 0.454 e. The second-order valence-corrected chi connectivity index (χ2v) is 10.6. The van der Waals surface area contributed by atoms with E-state index in [9.17, 15) is 4.79 Å². The van der Waals surface area contributed by atoms with Crippen molar-refractivity contribution in [2.75, 3.05) is 32.2 Å². The molecule has 8 heteroatoms. The molecule has 0 aliphatic carbocycles. The van der Waals surface area contributed by atoms with Gasteiger partial charge in [-0.15, -0.1) is 11.3 Å². The van der Waals surface area contributed by atoms with Crippen molar-refractivity contribution in [3.63, 3.8) is 0 Å². The Morgan fingerprint density at radius 3 is 2.64 bits per heavy atom. The van der Waals surface area contributed by atoms with Gasteiger partial charge in [0.15, 0.2) is 16.6 Å². The molecule has 1 aromatic carbocycles. The lowest BCUT2D eigenvalue weighted by molar-refractivity contribution is -0.121. The van der Waals surface area contributed by atoms with E-state index in [0.29, 0.717) is 34.5 Å². The lowest BCUT2D eigenvalue weighted by atomic mass is 9.79. The summed E-state index contributed by atoms with van der Waals surface area (Å²) in [6, 6.07) is 5.64. The Morgan fingerprint density at radius 1 is 1.31 bits per heavy atom. The molecule has 0 saturated carbocycles. The monoisotopic (exact) mass is 529 g/mol. The van der Waals surface area contributed by atoms with Crippen LogP contribution in [0.15, 0.2) is 59.8 Å². The molecule has 1 atom stereocenters. The van der Waals surface area contributed by atoms with E-state index < -0.39 is 5.41 Å². The minimum Gasteiger partial charge on any atom is -0.454 e. The highest BCUT2D eigenvalue weighted by Crippen LogP contribution is 2.38. The fraction of sp³-hybridized carbons (Fsp3) is 0.429. The molecular weight excluding hydrogens is 494 g/mol. The van der Waals surface area contributed by atoms with Crippen molar-refractivity contribution >= 4 is 34.0 Å². The number of fused-ring (bicyclic) bond motifs is 1. The first-order valence-corrected chi connectivity index (χ1v) is 13.5. The van der Waals surface area contributed by atoms with Gasteiger partial charge in [0.2, 0.25) is 12.7 Å². The van der Waals surface area contributed by atoms with Crippen molar-refractivity contribution < 1.29 is 14.3 Å².